The van der Waals surface area contributed by atoms with Gasteiger partial charge in [0.25, 0.3) is 0 Å². The molecule has 0 radical (unpaired) electrons. The molecule has 0 aromatic heterocycles. The predicted octanol–water partition coefficient (Wildman–Crippen LogP) is 2.22. The number of hydrogen-bond acceptors (Lipinski definition) is 1. The molecule has 0 aromatic carbocycles. The normalized spacial score (nSPS) is 38.6. The van der Waals surface area contributed by atoms with Crippen molar-refractivity contribution in [3.8, 4) is 0 Å². The lowest BCUT2D eigenvalue weighted by Gasteiger charge is -2.44. The Morgan fingerprint density at radius 3 is 2.46 bits per heavy atom. The van der Waals surface area contributed by atoms with E-state index in [4.69, 9.17) is 5.73 Å². The van der Waals surface area contributed by atoms with E-state index in [-0.39, 0.29) is 5.91 Å². The van der Waals surface area contributed by atoms with Gasteiger partial charge in [-0.2, -0.15) is 0 Å². The van der Waals surface area contributed by atoms with Crippen LogP contribution in [0.2, 0.25) is 0 Å². The number of primary amides is 1. The van der Waals surface area contributed by atoms with Gasteiger partial charge in [-0.15, -0.1) is 0 Å². The summed E-state index contributed by atoms with van der Waals surface area (Å²) in [6.45, 7) is 0. The Bertz CT molecular complexity index is 202. The number of carbonyl (C=O) groups excluding carboxylic acids is 1. The van der Waals surface area contributed by atoms with Crippen LogP contribution in [0.1, 0.15) is 51.4 Å². The summed E-state index contributed by atoms with van der Waals surface area (Å²) in [5.41, 5.74) is 5.64. The summed E-state index contributed by atoms with van der Waals surface area (Å²) in [7, 11) is 0. The smallest absolute Gasteiger partial charge is 0.217 e. The van der Waals surface area contributed by atoms with Crippen LogP contribution in [0.3, 0.4) is 0 Å². The number of nitrogens with two attached hydrogens (primary N) is 1. The fourth-order valence-electron chi connectivity index (χ4n) is 3.44. The van der Waals surface area contributed by atoms with E-state index < -0.39 is 0 Å². The quantitative estimate of drug-likeness (QED) is 0.697. The van der Waals surface area contributed by atoms with Gasteiger partial charge >= 0.3 is 0 Å². The minimum Gasteiger partial charge on any atom is -0.370 e. The molecule has 0 unspecified atom stereocenters. The maximum absolute atomic E-state index is 11.0. The van der Waals surface area contributed by atoms with Gasteiger partial charge in [0.1, 0.15) is 0 Å². The van der Waals surface area contributed by atoms with Crippen molar-refractivity contribution < 1.29 is 4.79 Å². The van der Waals surface area contributed by atoms with E-state index >= 15 is 0 Å². The molecular formula is C11H19NO. The molecule has 2 heteroatoms. The van der Waals surface area contributed by atoms with Crippen LogP contribution in [0.15, 0.2) is 0 Å². The highest BCUT2D eigenvalue weighted by Gasteiger charge is 2.39. The minimum atomic E-state index is -0.0949. The lowest BCUT2D eigenvalue weighted by Crippen LogP contribution is -2.36. The number of fused-ring (bicyclic) bond motifs is 2. The third-order valence-corrected chi connectivity index (χ3v) is 3.91. The maximum Gasteiger partial charge on any atom is 0.217 e. The molecule has 2 fully saturated rings. The van der Waals surface area contributed by atoms with E-state index in [0.717, 1.165) is 5.92 Å². The molecule has 2 aliphatic carbocycles. The first-order chi connectivity index (χ1) is 6.20. The number of rotatable bonds is 2. The average Bonchev–Trinajstić information content (AvgIpc) is 2.02. The molecule has 2 saturated carbocycles. The molecular weight excluding hydrogens is 162 g/mol. The van der Waals surface area contributed by atoms with Gasteiger partial charge < -0.3 is 5.73 Å². The van der Waals surface area contributed by atoms with E-state index in [9.17, 15) is 4.79 Å². The fraction of sp³-hybridized carbons (Fsp3) is 0.909. The van der Waals surface area contributed by atoms with Gasteiger partial charge in [0.15, 0.2) is 0 Å². The number of amides is 1. The Kier molecular flexibility index (Phi) is 2.31. The molecule has 0 saturated heterocycles. The molecule has 0 spiro atoms. The van der Waals surface area contributed by atoms with Gasteiger partial charge in [-0.3, -0.25) is 4.79 Å². The van der Waals surface area contributed by atoms with Gasteiger partial charge in [-0.25, -0.2) is 0 Å². The zero-order chi connectivity index (χ0) is 9.31. The third kappa shape index (κ3) is 1.87. The van der Waals surface area contributed by atoms with Crippen molar-refractivity contribution in [1.82, 2.24) is 0 Å². The summed E-state index contributed by atoms with van der Waals surface area (Å²) in [6.07, 6.45) is 9.81. The molecule has 2 bridgehead atoms. The topological polar surface area (TPSA) is 43.1 Å². The molecule has 0 heterocycles. The van der Waals surface area contributed by atoms with Gasteiger partial charge in [0.2, 0.25) is 5.91 Å². The van der Waals surface area contributed by atoms with Crippen LogP contribution < -0.4 is 5.73 Å². The van der Waals surface area contributed by atoms with Crippen molar-refractivity contribution >= 4 is 5.91 Å². The number of carbonyl (C=O) groups is 1. The first-order valence-electron chi connectivity index (χ1n) is 5.49. The fourth-order valence-corrected chi connectivity index (χ4v) is 3.44. The molecule has 0 aromatic rings. The number of hydrogen-bond donors (Lipinski definition) is 1. The summed E-state index contributed by atoms with van der Waals surface area (Å²) < 4.78 is 0. The molecule has 1 amide bonds. The highest BCUT2D eigenvalue weighted by atomic mass is 16.1. The monoisotopic (exact) mass is 181 g/mol. The Morgan fingerprint density at radius 1 is 1.31 bits per heavy atom. The van der Waals surface area contributed by atoms with Crippen LogP contribution >= 0.6 is 0 Å². The average molecular weight is 181 g/mol. The van der Waals surface area contributed by atoms with E-state index in [2.05, 4.69) is 0 Å². The van der Waals surface area contributed by atoms with Crippen LogP contribution in [-0.2, 0) is 4.79 Å². The van der Waals surface area contributed by atoms with E-state index in [1.807, 2.05) is 0 Å². The summed E-state index contributed by atoms with van der Waals surface area (Å²) in [5, 5.41) is 0. The van der Waals surface area contributed by atoms with Crippen LogP contribution in [0, 0.1) is 11.3 Å². The largest absolute Gasteiger partial charge is 0.370 e. The molecule has 2 nitrogen and oxygen atoms in total. The van der Waals surface area contributed by atoms with Gasteiger partial charge in [-0.1, -0.05) is 25.7 Å². The zero-order valence-electron chi connectivity index (χ0n) is 8.22. The second kappa shape index (κ2) is 3.32. The SMILES string of the molecule is NC(=O)CC12CCCC(CCC1)C2. The lowest BCUT2D eigenvalue weighted by molar-refractivity contribution is -0.121. The lowest BCUT2D eigenvalue weighted by atomic mass is 9.60. The molecule has 2 aliphatic rings. The Morgan fingerprint density at radius 2 is 1.92 bits per heavy atom. The summed E-state index contributed by atoms with van der Waals surface area (Å²) in [5.74, 6) is 0.810. The van der Waals surface area contributed by atoms with Crippen LogP contribution in [0.25, 0.3) is 0 Å². The van der Waals surface area contributed by atoms with Gasteiger partial charge in [0.05, 0.1) is 0 Å². The molecule has 0 atom stereocenters. The van der Waals surface area contributed by atoms with Crippen molar-refractivity contribution in [2.24, 2.45) is 17.1 Å². The van der Waals surface area contributed by atoms with Crippen molar-refractivity contribution in [3.63, 3.8) is 0 Å². The first kappa shape index (κ1) is 9.04. The highest BCUT2D eigenvalue weighted by molar-refractivity contribution is 5.74. The molecule has 74 valence electrons. The third-order valence-electron chi connectivity index (χ3n) is 3.91. The minimum absolute atomic E-state index is 0.0949. The van der Waals surface area contributed by atoms with E-state index in [0.29, 0.717) is 11.8 Å². The molecule has 2 rings (SSSR count). The summed E-state index contributed by atoms with van der Waals surface area (Å²) >= 11 is 0. The van der Waals surface area contributed by atoms with Crippen molar-refractivity contribution in [3.05, 3.63) is 0 Å². The molecule has 13 heavy (non-hydrogen) atoms. The van der Waals surface area contributed by atoms with Crippen LogP contribution in [-0.4, -0.2) is 5.91 Å². The van der Waals surface area contributed by atoms with Crippen molar-refractivity contribution in [1.29, 1.82) is 0 Å². The summed E-state index contributed by atoms with van der Waals surface area (Å²) in [6, 6.07) is 0. The predicted molar refractivity (Wildman–Crippen MR) is 52.1 cm³/mol. The van der Waals surface area contributed by atoms with Gasteiger partial charge in [-0.05, 0) is 30.6 Å². The summed E-state index contributed by atoms with van der Waals surface area (Å²) in [4.78, 5) is 11.0. The first-order valence-corrected chi connectivity index (χ1v) is 5.49. The maximum atomic E-state index is 11.0. The Hall–Kier alpha value is -0.530. The van der Waals surface area contributed by atoms with Crippen LogP contribution in [0.5, 0.6) is 0 Å². The zero-order valence-corrected chi connectivity index (χ0v) is 8.22. The standard InChI is InChI=1S/C11H19NO/c12-10(13)8-11-5-1-3-9(7-11)4-2-6-11/h9H,1-8H2,(H2,12,13). The van der Waals surface area contributed by atoms with E-state index in [1.54, 1.807) is 0 Å². The van der Waals surface area contributed by atoms with Crippen LogP contribution in [0.4, 0.5) is 0 Å². The Labute approximate surface area is 79.9 Å². The van der Waals surface area contributed by atoms with Gasteiger partial charge in [0, 0.05) is 6.42 Å². The Balaban J connectivity index is 2.05. The molecule has 0 aliphatic heterocycles. The molecule has 2 N–H and O–H groups in total. The van der Waals surface area contributed by atoms with Crippen molar-refractivity contribution in [2.75, 3.05) is 0 Å². The second-order valence-electron chi connectivity index (χ2n) is 5.00. The highest BCUT2D eigenvalue weighted by Crippen LogP contribution is 2.50. The van der Waals surface area contributed by atoms with E-state index in [1.165, 1.54) is 44.9 Å². The van der Waals surface area contributed by atoms with Crippen molar-refractivity contribution in [2.45, 2.75) is 51.4 Å². The second-order valence-corrected chi connectivity index (χ2v) is 5.00.